The van der Waals surface area contributed by atoms with Gasteiger partial charge in [0.25, 0.3) is 0 Å². The molecule has 5 nitrogen and oxygen atoms in total. The van der Waals surface area contributed by atoms with Crippen molar-refractivity contribution in [2.24, 2.45) is 5.92 Å². The molecule has 2 aliphatic rings. The van der Waals surface area contributed by atoms with Crippen LogP contribution in [0.3, 0.4) is 0 Å². The molecule has 1 N–H and O–H groups in total. The van der Waals surface area contributed by atoms with E-state index in [4.69, 9.17) is 4.98 Å². The molecule has 1 unspecified atom stereocenters. The third-order valence-corrected chi connectivity index (χ3v) is 5.88. The number of carbonyl (C=O) groups is 1. The number of hydrogen-bond donors (Lipinski definition) is 1. The molecule has 0 saturated heterocycles. The van der Waals surface area contributed by atoms with Gasteiger partial charge in [0.05, 0.1) is 27.3 Å². The van der Waals surface area contributed by atoms with Crippen LogP contribution in [0, 0.1) is 19.8 Å². The normalized spacial score (nSPS) is 19.3. The van der Waals surface area contributed by atoms with Crippen molar-refractivity contribution >= 4 is 28.7 Å². The van der Waals surface area contributed by atoms with Crippen LogP contribution >= 0.6 is 11.3 Å². The van der Waals surface area contributed by atoms with E-state index in [-0.39, 0.29) is 17.9 Å². The predicted octanol–water partition coefficient (Wildman–Crippen LogP) is 3.68. The molecule has 23 heavy (non-hydrogen) atoms. The molecule has 1 amide bonds. The van der Waals surface area contributed by atoms with Crippen LogP contribution < -0.4 is 10.2 Å². The molecule has 0 bridgehead atoms. The van der Waals surface area contributed by atoms with Gasteiger partial charge in [-0.1, -0.05) is 0 Å². The molecule has 6 heteroatoms. The van der Waals surface area contributed by atoms with E-state index in [1.54, 1.807) is 11.3 Å². The molecule has 4 rings (SSSR count). The summed E-state index contributed by atoms with van der Waals surface area (Å²) in [5.41, 5.74) is 4.24. The Balaban J connectivity index is 1.88. The van der Waals surface area contributed by atoms with Gasteiger partial charge >= 0.3 is 0 Å². The summed E-state index contributed by atoms with van der Waals surface area (Å²) >= 11 is 1.75. The molecule has 0 radical (unpaired) electrons. The summed E-state index contributed by atoms with van der Waals surface area (Å²) in [5, 5.41) is 4.10. The highest BCUT2D eigenvalue weighted by atomic mass is 32.1. The molecule has 1 atom stereocenters. The molecule has 1 aliphatic heterocycles. The van der Waals surface area contributed by atoms with Crippen LogP contribution in [0.2, 0.25) is 0 Å². The van der Waals surface area contributed by atoms with Gasteiger partial charge in [0.1, 0.15) is 0 Å². The molecule has 2 aromatic heterocycles. The molecule has 3 heterocycles. The summed E-state index contributed by atoms with van der Waals surface area (Å²) < 4.78 is 0. The van der Waals surface area contributed by atoms with Crippen LogP contribution in [-0.4, -0.2) is 22.9 Å². The fraction of sp³-hybridized carbons (Fsp3) is 0.471. The number of pyridine rings is 1. The Kier molecular flexibility index (Phi) is 3.20. The van der Waals surface area contributed by atoms with E-state index in [0.29, 0.717) is 5.82 Å². The van der Waals surface area contributed by atoms with E-state index in [2.05, 4.69) is 36.1 Å². The van der Waals surface area contributed by atoms with Gasteiger partial charge in [-0.3, -0.25) is 4.79 Å². The molecule has 120 valence electrons. The number of nitrogens with zero attached hydrogens (tertiary/aromatic N) is 3. The van der Waals surface area contributed by atoms with E-state index in [1.165, 1.54) is 4.88 Å². The van der Waals surface area contributed by atoms with E-state index in [0.717, 1.165) is 40.4 Å². The molecular weight excluding hydrogens is 308 g/mol. The fourth-order valence-electron chi connectivity index (χ4n) is 3.16. The number of aromatic nitrogens is 2. The summed E-state index contributed by atoms with van der Waals surface area (Å²) in [6.07, 6.45) is 3.81. The summed E-state index contributed by atoms with van der Waals surface area (Å²) in [6.45, 7) is 6.27. The lowest BCUT2D eigenvalue weighted by atomic mass is 9.96. The van der Waals surface area contributed by atoms with Gasteiger partial charge < -0.3 is 10.2 Å². The van der Waals surface area contributed by atoms with Crippen molar-refractivity contribution in [2.45, 2.75) is 39.7 Å². The van der Waals surface area contributed by atoms with Crippen molar-refractivity contribution in [3.8, 4) is 11.3 Å². The average Bonchev–Trinajstić information content (AvgIpc) is 3.29. The van der Waals surface area contributed by atoms with Gasteiger partial charge in [-0.15, -0.1) is 11.3 Å². The van der Waals surface area contributed by atoms with Crippen molar-refractivity contribution < 1.29 is 4.79 Å². The molecule has 1 saturated carbocycles. The van der Waals surface area contributed by atoms with E-state index < -0.39 is 0 Å². The summed E-state index contributed by atoms with van der Waals surface area (Å²) in [6, 6.07) is 0.226. The lowest BCUT2D eigenvalue weighted by Crippen LogP contribution is -2.28. The first-order valence-corrected chi connectivity index (χ1v) is 8.80. The Labute approximate surface area is 139 Å². The van der Waals surface area contributed by atoms with E-state index >= 15 is 0 Å². The number of hydrogen-bond acceptors (Lipinski definition) is 5. The quantitative estimate of drug-likeness (QED) is 0.913. The first-order chi connectivity index (χ1) is 11.0. The monoisotopic (exact) mass is 328 g/mol. The minimum atomic E-state index is 0.0878. The maximum Gasteiger partial charge on any atom is 0.228 e. The predicted molar refractivity (Wildman–Crippen MR) is 93.0 cm³/mol. The Morgan fingerprint density at radius 2 is 2.13 bits per heavy atom. The van der Waals surface area contributed by atoms with E-state index in [9.17, 15) is 4.79 Å². The summed E-state index contributed by atoms with van der Waals surface area (Å²) in [7, 11) is 2.06. The number of carbonyl (C=O) groups excluding carboxylic acids is 1. The van der Waals surface area contributed by atoms with Crippen molar-refractivity contribution in [3.05, 3.63) is 21.6 Å². The van der Waals surface area contributed by atoms with Gasteiger partial charge in [0.15, 0.2) is 5.82 Å². The zero-order chi connectivity index (χ0) is 16.3. The second-order valence-corrected chi connectivity index (χ2v) is 7.74. The average molecular weight is 328 g/mol. The molecule has 1 fully saturated rings. The third kappa shape index (κ3) is 2.24. The van der Waals surface area contributed by atoms with Gasteiger partial charge in [-0.2, -0.15) is 0 Å². The van der Waals surface area contributed by atoms with Crippen LogP contribution in [0.4, 0.5) is 11.5 Å². The highest BCUT2D eigenvalue weighted by Crippen LogP contribution is 2.49. The van der Waals surface area contributed by atoms with Crippen molar-refractivity contribution in [1.29, 1.82) is 0 Å². The molecule has 0 aromatic carbocycles. The lowest BCUT2D eigenvalue weighted by molar-refractivity contribution is -0.117. The molecular formula is C17H20N4OS. The number of anilines is 2. The van der Waals surface area contributed by atoms with Gasteiger partial charge in [0.2, 0.25) is 5.91 Å². The number of aryl methyl sites for hydroxylation is 2. The van der Waals surface area contributed by atoms with Crippen LogP contribution in [0.25, 0.3) is 11.3 Å². The van der Waals surface area contributed by atoms with Crippen molar-refractivity contribution in [3.63, 3.8) is 0 Å². The topological polar surface area (TPSA) is 58.1 Å². The van der Waals surface area contributed by atoms with Crippen molar-refractivity contribution in [1.82, 2.24) is 9.97 Å². The second kappa shape index (κ2) is 5.03. The van der Waals surface area contributed by atoms with Crippen LogP contribution in [0.1, 0.15) is 41.3 Å². The van der Waals surface area contributed by atoms with Gasteiger partial charge in [-0.25, -0.2) is 9.97 Å². The number of amides is 1. The molecule has 0 spiro atoms. The first kappa shape index (κ1) is 14.6. The zero-order valence-corrected chi connectivity index (χ0v) is 14.6. The number of rotatable bonds is 2. The third-order valence-electron chi connectivity index (χ3n) is 4.74. The Morgan fingerprint density at radius 3 is 2.83 bits per heavy atom. The SMILES string of the molecule is Cc1nc2c(s1)C(C)N(C)c1c(NC(=O)C3CC3)ncc(C)c1-2. The Morgan fingerprint density at radius 1 is 1.39 bits per heavy atom. The first-order valence-electron chi connectivity index (χ1n) is 7.98. The Hall–Kier alpha value is -1.95. The minimum Gasteiger partial charge on any atom is -0.363 e. The Bertz CT molecular complexity index is 809. The maximum absolute atomic E-state index is 12.2. The van der Waals surface area contributed by atoms with Crippen LogP contribution in [-0.2, 0) is 4.79 Å². The summed E-state index contributed by atoms with van der Waals surface area (Å²) in [5.74, 6) is 0.912. The van der Waals surface area contributed by atoms with E-state index in [1.807, 2.05) is 13.1 Å². The standard InChI is InChI=1S/C17H20N4OS/c1-8-7-18-16(20-17(22)11-5-6-11)14-12(8)13-15(9(2)21(14)4)23-10(3)19-13/h7,9,11H,5-6H2,1-4H3,(H,18,20,22). The lowest BCUT2D eigenvalue weighted by Gasteiger charge is -2.34. The minimum absolute atomic E-state index is 0.0878. The molecule has 1 aliphatic carbocycles. The fourth-order valence-corrected chi connectivity index (χ4v) is 4.19. The van der Waals surface area contributed by atoms with Gasteiger partial charge in [-0.05, 0) is 39.2 Å². The number of nitrogens with one attached hydrogen (secondary N) is 1. The highest BCUT2D eigenvalue weighted by Gasteiger charge is 2.35. The molecule has 2 aromatic rings. The summed E-state index contributed by atoms with van der Waals surface area (Å²) in [4.78, 5) is 25.0. The highest BCUT2D eigenvalue weighted by molar-refractivity contribution is 7.12. The zero-order valence-electron chi connectivity index (χ0n) is 13.8. The van der Waals surface area contributed by atoms with Crippen molar-refractivity contribution in [2.75, 3.05) is 17.3 Å². The van der Waals surface area contributed by atoms with Crippen LogP contribution in [0.15, 0.2) is 6.20 Å². The maximum atomic E-state index is 12.2. The second-order valence-electron chi connectivity index (χ2n) is 6.51. The largest absolute Gasteiger partial charge is 0.363 e. The van der Waals surface area contributed by atoms with Gasteiger partial charge in [0, 0.05) is 24.7 Å². The number of fused-ring (bicyclic) bond motifs is 3. The number of thiazole rings is 1. The smallest absolute Gasteiger partial charge is 0.228 e. The van der Waals surface area contributed by atoms with Crippen LogP contribution in [0.5, 0.6) is 0 Å².